The zero-order valence-corrected chi connectivity index (χ0v) is 9.03. The van der Waals surface area contributed by atoms with Gasteiger partial charge >= 0.3 is 0 Å². The van der Waals surface area contributed by atoms with E-state index in [1.165, 1.54) is 18.4 Å². The lowest BCUT2D eigenvalue weighted by atomic mass is 9.91. The van der Waals surface area contributed by atoms with E-state index in [4.69, 9.17) is 0 Å². The fraction of sp³-hybridized carbons (Fsp3) is 0.357. The first-order valence-electron chi connectivity index (χ1n) is 5.46. The van der Waals surface area contributed by atoms with Crippen molar-refractivity contribution in [2.75, 3.05) is 0 Å². The van der Waals surface area contributed by atoms with Crippen LogP contribution in [0.1, 0.15) is 31.9 Å². The van der Waals surface area contributed by atoms with Crippen molar-refractivity contribution >= 4 is 0 Å². The summed E-state index contributed by atoms with van der Waals surface area (Å²) in [5.74, 6) is 7.13. The SMILES string of the molecule is CC1CC=C(C#Cc2ccccn2)CC1. The van der Waals surface area contributed by atoms with Gasteiger partial charge in [0, 0.05) is 6.20 Å². The largest absolute Gasteiger partial charge is 0.248 e. The van der Waals surface area contributed by atoms with Crippen LogP contribution >= 0.6 is 0 Å². The third kappa shape index (κ3) is 2.95. The number of aromatic nitrogens is 1. The summed E-state index contributed by atoms with van der Waals surface area (Å²) >= 11 is 0. The third-order valence-corrected chi connectivity index (χ3v) is 2.69. The number of pyridine rings is 1. The molecule has 15 heavy (non-hydrogen) atoms. The maximum atomic E-state index is 4.18. The Morgan fingerprint density at radius 3 is 2.93 bits per heavy atom. The van der Waals surface area contributed by atoms with Crippen molar-refractivity contribution in [2.45, 2.75) is 26.2 Å². The summed E-state index contributed by atoms with van der Waals surface area (Å²) in [5, 5.41) is 0. The van der Waals surface area contributed by atoms with Crippen LogP contribution in [0.25, 0.3) is 0 Å². The first kappa shape index (κ1) is 9.98. The predicted octanol–water partition coefficient (Wildman–Crippen LogP) is 3.18. The van der Waals surface area contributed by atoms with Crippen LogP contribution in [0, 0.1) is 17.8 Å². The molecule has 2 rings (SSSR count). The molecule has 0 fully saturated rings. The lowest BCUT2D eigenvalue weighted by Gasteiger charge is -2.14. The molecule has 0 saturated carbocycles. The summed E-state index contributed by atoms with van der Waals surface area (Å²) in [5.41, 5.74) is 2.13. The highest BCUT2D eigenvalue weighted by atomic mass is 14.6. The zero-order valence-electron chi connectivity index (χ0n) is 9.03. The smallest absolute Gasteiger partial charge is 0.113 e. The van der Waals surface area contributed by atoms with E-state index in [1.807, 2.05) is 18.2 Å². The fourth-order valence-electron chi connectivity index (χ4n) is 1.66. The van der Waals surface area contributed by atoms with Crippen molar-refractivity contribution < 1.29 is 0 Å². The van der Waals surface area contributed by atoms with E-state index in [0.717, 1.165) is 18.0 Å². The molecule has 0 N–H and O–H groups in total. The molecule has 0 spiro atoms. The van der Waals surface area contributed by atoms with Gasteiger partial charge in [-0.1, -0.05) is 25.0 Å². The molecule has 0 bridgehead atoms. The van der Waals surface area contributed by atoms with Crippen LogP contribution in [0.3, 0.4) is 0 Å². The van der Waals surface area contributed by atoms with Gasteiger partial charge in [0.2, 0.25) is 0 Å². The minimum Gasteiger partial charge on any atom is -0.248 e. The summed E-state index contributed by atoms with van der Waals surface area (Å²) in [6.45, 7) is 2.29. The van der Waals surface area contributed by atoms with Crippen LogP contribution in [0.15, 0.2) is 36.0 Å². The molecule has 0 radical (unpaired) electrons. The fourth-order valence-corrected chi connectivity index (χ4v) is 1.66. The molecular weight excluding hydrogens is 182 g/mol. The normalized spacial score (nSPS) is 20.1. The molecule has 1 atom stereocenters. The Labute approximate surface area is 91.2 Å². The summed E-state index contributed by atoms with van der Waals surface area (Å²) < 4.78 is 0. The zero-order chi connectivity index (χ0) is 10.5. The van der Waals surface area contributed by atoms with Crippen LogP contribution in [-0.2, 0) is 0 Å². The van der Waals surface area contributed by atoms with Crippen LogP contribution in [0.5, 0.6) is 0 Å². The molecule has 1 heteroatoms. The molecule has 1 aromatic rings. The number of allylic oxidation sites excluding steroid dienone is 2. The Bertz CT molecular complexity index is 406. The molecule has 0 saturated heterocycles. The highest BCUT2D eigenvalue weighted by Gasteiger charge is 2.07. The molecule has 0 aromatic carbocycles. The maximum Gasteiger partial charge on any atom is 0.113 e. The molecule has 76 valence electrons. The second-order valence-corrected chi connectivity index (χ2v) is 4.07. The number of hydrogen-bond acceptors (Lipinski definition) is 1. The third-order valence-electron chi connectivity index (χ3n) is 2.69. The van der Waals surface area contributed by atoms with E-state index in [0.29, 0.717) is 0 Å². The van der Waals surface area contributed by atoms with Gasteiger partial charge < -0.3 is 0 Å². The number of hydrogen-bond donors (Lipinski definition) is 0. The van der Waals surface area contributed by atoms with Gasteiger partial charge in [-0.3, -0.25) is 0 Å². The molecule has 0 aliphatic heterocycles. The van der Waals surface area contributed by atoms with Gasteiger partial charge in [-0.2, -0.15) is 0 Å². The summed E-state index contributed by atoms with van der Waals surface area (Å²) in [6, 6.07) is 5.82. The first-order valence-corrected chi connectivity index (χ1v) is 5.46. The molecular formula is C14H15N. The van der Waals surface area contributed by atoms with Gasteiger partial charge in [0.25, 0.3) is 0 Å². The molecule has 1 heterocycles. The lowest BCUT2D eigenvalue weighted by Crippen LogP contribution is -2.00. The Morgan fingerprint density at radius 2 is 2.27 bits per heavy atom. The standard InChI is InChI=1S/C14H15N/c1-12-5-7-13(8-6-12)9-10-14-4-2-3-11-15-14/h2-4,7,11-12H,5-6,8H2,1H3. The average Bonchev–Trinajstić information content (AvgIpc) is 2.30. The van der Waals surface area contributed by atoms with E-state index in [1.54, 1.807) is 6.20 Å². The van der Waals surface area contributed by atoms with Crippen molar-refractivity contribution in [3.05, 3.63) is 41.7 Å². The summed E-state index contributed by atoms with van der Waals surface area (Å²) in [7, 11) is 0. The van der Waals surface area contributed by atoms with Crippen molar-refractivity contribution in [1.29, 1.82) is 0 Å². The van der Waals surface area contributed by atoms with Gasteiger partial charge in [0.05, 0.1) is 0 Å². The van der Waals surface area contributed by atoms with Gasteiger partial charge in [0.15, 0.2) is 0 Å². The molecule has 1 nitrogen and oxygen atoms in total. The van der Waals surface area contributed by atoms with E-state index in [2.05, 4.69) is 29.8 Å². The van der Waals surface area contributed by atoms with Crippen LogP contribution in [0.2, 0.25) is 0 Å². The van der Waals surface area contributed by atoms with Gasteiger partial charge in [-0.15, -0.1) is 0 Å². The van der Waals surface area contributed by atoms with Crippen LogP contribution < -0.4 is 0 Å². The Morgan fingerprint density at radius 1 is 1.33 bits per heavy atom. The van der Waals surface area contributed by atoms with Crippen molar-refractivity contribution in [1.82, 2.24) is 4.98 Å². The number of rotatable bonds is 0. The predicted molar refractivity (Wildman–Crippen MR) is 62.2 cm³/mol. The summed E-state index contributed by atoms with van der Waals surface area (Å²) in [6.07, 6.45) is 7.61. The Hall–Kier alpha value is -1.55. The minimum absolute atomic E-state index is 0.824. The molecule has 0 amide bonds. The minimum atomic E-state index is 0.824. The van der Waals surface area contributed by atoms with Gasteiger partial charge in [0.1, 0.15) is 5.69 Å². The summed E-state index contributed by atoms with van der Waals surface area (Å²) in [4.78, 5) is 4.18. The van der Waals surface area contributed by atoms with Crippen molar-refractivity contribution in [2.24, 2.45) is 5.92 Å². The van der Waals surface area contributed by atoms with E-state index in [-0.39, 0.29) is 0 Å². The lowest BCUT2D eigenvalue weighted by molar-refractivity contribution is 0.520. The quantitative estimate of drug-likeness (QED) is 0.582. The van der Waals surface area contributed by atoms with Gasteiger partial charge in [-0.25, -0.2) is 4.98 Å². The van der Waals surface area contributed by atoms with E-state index >= 15 is 0 Å². The highest BCUT2D eigenvalue weighted by Crippen LogP contribution is 2.22. The maximum absolute atomic E-state index is 4.18. The molecule has 1 aliphatic rings. The second kappa shape index (κ2) is 4.79. The first-order chi connectivity index (χ1) is 7.34. The van der Waals surface area contributed by atoms with E-state index < -0.39 is 0 Å². The highest BCUT2D eigenvalue weighted by molar-refractivity contribution is 5.37. The van der Waals surface area contributed by atoms with Crippen LogP contribution in [-0.4, -0.2) is 4.98 Å². The molecule has 1 aliphatic carbocycles. The average molecular weight is 197 g/mol. The topological polar surface area (TPSA) is 12.9 Å². The molecule has 1 unspecified atom stereocenters. The second-order valence-electron chi connectivity index (χ2n) is 4.07. The van der Waals surface area contributed by atoms with Crippen molar-refractivity contribution in [3.8, 4) is 11.8 Å². The van der Waals surface area contributed by atoms with Crippen molar-refractivity contribution in [3.63, 3.8) is 0 Å². The van der Waals surface area contributed by atoms with E-state index in [9.17, 15) is 0 Å². The monoisotopic (exact) mass is 197 g/mol. The Kier molecular flexibility index (Phi) is 3.19. The molecule has 1 aromatic heterocycles. The Balaban J connectivity index is 2.07. The number of nitrogens with zero attached hydrogens (tertiary/aromatic N) is 1. The van der Waals surface area contributed by atoms with Gasteiger partial charge in [-0.05, 0) is 48.8 Å². The van der Waals surface area contributed by atoms with Crippen LogP contribution in [0.4, 0.5) is 0 Å².